The Hall–Kier alpha value is -3.35. The minimum absolute atomic E-state index is 0.0905. The molecule has 140 valence electrons. The van der Waals surface area contributed by atoms with Gasteiger partial charge in [0.15, 0.2) is 0 Å². The monoisotopic (exact) mass is 365 g/mol. The molecule has 0 atom stereocenters. The Balaban J connectivity index is 1.66. The first-order valence-corrected chi connectivity index (χ1v) is 8.62. The number of aromatic nitrogens is 3. The summed E-state index contributed by atoms with van der Waals surface area (Å²) >= 11 is 0. The maximum Gasteiger partial charge on any atom is 0.324 e. The lowest BCUT2D eigenvalue weighted by Crippen LogP contribution is -2.21. The quantitative estimate of drug-likeness (QED) is 0.711. The van der Waals surface area contributed by atoms with E-state index in [1.807, 2.05) is 18.2 Å². The minimum atomic E-state index is -0.348. The van der Waals surface area contributed by atoms with Gasteiger partial charge in [-0.2, -0.15) is 5.10 Å². The first-order valence-electron chi connectivity index (χ1n) is 8.62. The zero-order chi connectivity index (χ0) is 19.4. The topological polar surface area (TPSA) is 81.1 Å². The van der Waals surface area contributed by atoms with Gasteiger partial charge in [-0.15, -0.1) is 0 Å². The number of pyridine rings is 1. The lowest BCUT2D eigenvalue weighted by Gasteiger charge is -2.13. The number of aryl methyl sites for hydroxylation is 1. The predicted molar refractivity (Wildman–Crippen MR) is 105 cm³/mol. The van der Waals surface area contributed by atoms with E-state index in [4.69, 9.17) is 4.74 Å². The lowest BCUT2D eigenvalue weighted by atomic mass is 9.92. The number of benzene rings is 1. The Morgan fingerprint density at radius 3 is 2.44 bits per heavy atom. The van der Waals surface area contributed by atoms with Gasteiger partial charge in [0.1, 0.15) is 17.3 Å². The lowest BCUT2D eigenvalue weighted by molar-refractivity contribution is 0.262. The fourth-order valence-corrected chi connectivity index (χ4v) is 2.41. The maximum absolute atomic E-state index is 12.4. The standard InChI is InChI=1S/C20H23N5O2/c1-20(2,3)17-13-18(25(4)24-17)23-19(26)22-14-6-5-7-16(12-14)27-15-8-10-21-11-9-15/h5-13H,1-4H3,(H2,22,23,26). The van der Waals surface area contributed by atoms with Gasteiger partial charge in [0.25, 0.3) is 0 Å². The van der Waals surface area contributed by atoms with Crippen molar-refractivity contribution >= 4 is 17.5 Å². The van der Waals surface area contributed by atoms with Gasteiger partial charge in [-0.3, -0.25) is 15.0 Å². The van der Waals surface area contributed by atoms with E-state index in [1.165, 1.54) is 0 Å². The third-order valence-corrected chi connectivity index (χ3v) is 3.87. The summed E-state index contributed by atoms with van der Waals surface area (Å²) in [5.41, 5.74) is 1.44. The van der Waals surface area contributed by atoms with Crippen LogP contribution in [0.1, 0.15) is 26.5 Å². The number of amides is 2. The molecule has 27 heavy (non-hydrogen) atoms. The summed E-state index contributed by atoms with van der Waals surface area (Å²) in [6.07, 6.45) is 3.31. The second-order valence-electron chi connectivity index (χ2n) is 7.18. The first kappa shape index (κ1) is 18.4. The smallest absolute Gasteiger partial charge is 0.324 e. The number of hydrogen-bond acceptors (Lipinski definition) is 4. The van der Waals surface area contributed by atoms with Crippen LogP contribution in [0.5, 0.6) is 11.5 Å². The molecule has 0 aliphatic carbocycles. The molecule has 3 rings (SSSR count). The molecule has 0 fully saturated rings. The van der Waals surface area contributed by atoms with Gasteiger partial charge in [0.05, 0.1) is 5.69 Å². The number of anilines is 2. The zero-order valence-corrected chi connectivity index (χ0v) is 15.9. The number of ether oxygens (including phenoxy) is 1. The van der Waals surface area contributed by atoms with Crippen molar-refractivity contribution in [3.05, 3.63) is 60.6 Å². The summed E-state index contributed by atoms with van der Waals surface area (Å²) in [4.78, 5) is 16.3. The molecular weight excluding hydrogens is 342 g/mol. The molecule has 1 aromatic carbocycles. The van der Waals surface area contributed by atoms with Crippen molar-refractivity contribution in [2.24, 2.45) is 7.05 Å². The molecule has 2 heterocycles. The fraction of sp³-hybridized carbons (Fsp3) is 0.250. The minimum Gasteiger partial charge on any atom is -0.457 e. The molecule has 0 saturated heterocycles. The Kier molecular flexibility index (Phi) is 5.12. The number of hydrogen-bond donors (Lipinski definition) is 2. The van der Waals surface area contributed by atoms with E-state index in [-0.39, 0.29) is 11.4 Å². The molecule has 7 heteroatoms. The predicted octanol–water partition coefficient (Wildman–Crippen LogP) is 4.55. The van der Waals surface area contributed by atoms with Crippen molar-refractivity contribution in [3.63, 3.8) is 0 Å². The highest BCUT2D eigenvalue weighted by Crippen LogP contribution is 2.25. The molecule has 7 nitrogen and oxygen atoms in total. The van der Waals surface area contributed by atoms with Gasteiger partial charge in [-0.05, 0) is 24.3 Å². The van der Waals surface area contributed by atoms with Crippen LogP contribution in [-0.4, -0.2) is 20.8 Å². The summed E-state index contributed by atoms with van der Waals surface area (Å²) in [5.74, 6) is 1.92. The molecule has 3 aromatic rings. The molecule has 2 amide bonds. The van der Waals surface area contributed by atoms with Crippen molar-refractivity contribution in [2.75, 3.05) is 10.6 Å². The van der Waals surface area contributed by atoms with Crippen LogP contribution in [0, 0.1) is 0 Å². The largest absolute Gasteiger partial charge is 0.457 e. The molecule has 0 bridgehead atoms. The van der Waals surface area contributed by atoms with E-state index in [0.717, 1.165) is 5.69 Å². The average Bonchev–Trinajstić information content (AvgIpc) is 2.97. The van der Waals surface area contributed by atoms with Crippen molar-refractivity contribution in [1.29, 1.82) is 0 Å². The second-order valence-corrected chi connectivity index (χ2v) is 7.18. The van der Waals surface area contributed by atoms with Crippen molar-refractivity contribution in [3.8, 4) is 11.5 Å². The van der Waals surface area contributed by atoms with E-state index < -0.39 is 0 Å². The number of urea groups is 1. The van der Waals surface area contributed by atoms with Crippen molar-refractivity contribution in [1.82, 2.24) is 14.8 Å². The normalized spacial score (nSPS) is 11.1. The first-order chi connectivity index (χ1) is 12.8. The SMILES string of the molecule is Cn1nc(C(C)(C)C)cc1NC(=O)Nc1cccc(Oc2ccncc2)c1. The van der Waals surface area contributed by atoms with E-state index >= 15 is 0 Å². The third-order valence-electron chi connectivity index (χ3n) is 3.87. The molecule has 0 spiro atoms. The van der Waals surface area contributed by atoms with Crippen LogP contribution in [0.25, 0.3) is 0 Å². The third kappa shape index (κ3) is 4.84. The van der Waals surface area contributed by atoms with E-state index in [1.54, 1.807) is 48.4 Å². The molecule has 2 aromatic heterocycles. The van der Waals surface area contributed by atoms with Crippen molar-refractivity contribution < 1.29 is 9.53 Å². The molecule has 0 radical (unpaired) electrons. The van der Waals surface area contributed by atoms with Crippen LogP contribution in [0.4, 0.5) is 16.3 Å². The van der Waals surface area contributed by atoms with Gasteiger partial charge in [-0.25, -0.2) is 4.79 Å². The molecule has 0 aliphatic rings. The molecule has 2 N–H and O–H groups in total. The van der Waals surface area contributed by atoms with Gasteiger partial charge < -0.3 is 10.1 Å². The molecule has 0 unspecified atom stereocenters. The van der Waals surface area contributed by atoms with E-state index in [2.05, 4.69) is 41.5 Å². The summed E-state index contributed by atoms with van der Waals surface area (Å²) in [7, 11) is 1.80. The van der Waals surface area contributed by atoms with Crippen LogP contribution >= 0.6 is 0 Å². The highest BCUT2D eigenvalue weighted by Gasteiger charge is 2.19. The summed E-state index contributed by atoms with van der Waals surface area (Å²) in [6.45, 7) is 6.23. The molecule has 0 saturated carbocycles. The Bertz CT molecular complexity index is 929. The fourth-order valence-electron chi connectivity index (χ4n) is 2.41. The van der Waals surface area contributed by atoms with Crippen LogP contribution in [0.2, 0.25) is 0 Å². The maximum atomic E-state index is 12.4. The Morgan fingerprint density at radius 2 is 1.78 bits per heavy atom. The number of carbonyl (C=O) groups excluding carboxylic acids is 1. The van der Waals surface area contributed by atoms with Crippen LogP contribution in [-0.2, 0) is 12.5 Å². The van der Waals surface area contributed by atoms with Gasteiger partial charge in [0, 0.05) is 42.7 Å². The second kappa shape index (κ2) is 7.49. The number of rotatable bonds is 4. The van der Waals surface area contributed by atoms with Crippen LogP contribution < -0.4 is 15.4 Å². The molecule has 0 aliphatic heterocycles. The van der Waals surface area contributed by atoms with E-state index in [9.17, 15) is 4.79 Å². The highest BCUT2D eigenvalue weighted by molar-refractivity contribution is 5.99. The summed E-state index contributed by atoms with van der Waals surface area (Å²) in [5, 5.41) is 10.1. The van der Waals surface area contributed by atoms with Gasteiger partial charge >= 0.3 is 6.03 Å². The van der Waals surface area contributed by atoms with E-state index in [0.29, 0.717) is 23.0 Å². The highest BCUT2D eigenvalue weighted by atomic mass is 16.5. The van der Waals surface area contributed by atoms with Gasteiger partial charge in [-0.1, -0.05) is 26.8 Å². The van der Waals surface area contributed by atoms with Crippen LogP contribution in [0.15, 0.2) is 54.9 Å². The number of nitrogens with zero attached hydrogens (tertiary/aromatic N) is 3. The van der Waals surface area contributed by atoms with Gasteiger partial charge in [0.2, 0.25) is 0 Å². The summed E-state index contributed by atoms with van der Waals surface area (Å²) < 4.78 is 7.41. The molecular formula is C20H23N5O2. The summed E-state index contributed by atoms with van der Waals surface area (Å²) in [6, 6.07) is 12.2. The number of carbonyl (C=O) groups is 1. The zero-order valence-electron chi connectivity index (χ0n) is 15.9. The average molecular weight is 365 g/mol. The van der Waals surface area contributed by atoms with Crippen molar-refractivity contribution in [2.45, 2.75) is 26.2 Å². The van der Waals surface area contributed by atoms with Crippen LogP contribution in [0.3, 0.4) is 0 Å². The number of nitrogens with one attached hydrogen (secondary N) is 2. The Morgan fingerprint density at radius 1 is 1.04 bits per heavy atom. The Labute approximate surface area is 158 Å².